The average Bonchev–Trinajstić information content (AvgIpc) is 3.30. The molecular formula is C21H18N4OS. The number of hydrogen-bond acceptors (Lipinski definition) is 5. The topological polar surface area (TPSA) is 56.7 Å². The third kappa shape index (κ3) is 2.64. The Morgan fingerprint density at radius 1 is 0.889 bits per heavy atom. The number of benzene rings is 2. The molecule has 0 atom stereocenters. The van der Waals surface area contributed by atoms with Crippen molar-refractivity contribution >= 4 is 32.7 Å². The Balaban J connectivity index is 1.61. The summed E-state index contributed by atoms with van der Waals surface area (Å²) in [6.45, 7) is 8.21. The first kappa shape index (κ1) is 16.2. The summed E-state index contributed by atoms with van der Waals surface area (Å²) >= 11 is 1.62. The molecule has 0 bridgehead atoms. The van der Waals surface area contributed by atoms with Crippen LogP contribution in [0.3, 0.4) is 0 Å². The van der Waals surface area contributed by atoms with Crippen molar-refractivity contribution in [3.05, 3.63) is 58.9 Å². The standard InChI is InChI=1S/C21H18N4OS/c1-11-7-17-18(8-12(11)2)26-20(22-17)15-5-6-16-19(10-15)27-21(23-16)25-14(4)9-13(3)24-25/h5-10H,1-4H3. The molecule has 3 heterocycles. The van der Waals surface area contributed by atoms with Gasteiger partial charge in [0.15, 0.2) is 5.58 Å². The highest BCUT2D eigenvalue weighted by atomic mass is 32.1. The Morgan fingerprint density at radius 2 is 1.70 bits per heavy atom. The molecule has 0 N–H and O–H groups in total. The van der Waals surface area contributed by atoms with E-state index in [1.807, 2.05) is 36.7 Å². The van der Waals surface area contributed by atoms with E-state index in [0.29, 0.717) is 5.89 Å². The lowest BCUT2D eigenvalue weighted by Gasteiger charge is -1.96. The minimum absolute atomic E-state index is 0.637. The number of oxazole rings is 1. The summed E-state index contributed by atoms with van der Waals surface area (Å²) in [7, 11) is 0. The van der Waals surface area contributed by atoms with E-state index >= 15 is 0 Å². The molecule has 0 unspecified atom stereocenters. The molecule has 0 spiro atoms. The first-order chi connectivity index (χ1) is 13.0. The molecule has 0 amide bonds. The van der Waals surface area contributed by atoms with Crippen LogP contribution < -0.4 is 0 Å². The van der Waals surface area contributed by atoms with Crippen molar-refractivity contribution in [1.29, 1.82) is 0 Å². The fourth-order valence-electron chi connectivity index (χ4n) is 3.26. The van der Waals surface area contributed by atoms with Gasteiger partial charge in [-0.15, -0.1) is 0 Å². The van der Waals surface area contributed by atoms with Crippen molar-refractivity contribution in [1.82, 2.24) is 19.7 Å². The van der Waals surface area contributed by atoms with Crippen LogP contribution in [-0.4, -0.2) is 19.7 Å². The first-order valence-electron chi connectivity index (χ1n) is 8.80. The normalized spacial score (nSPS) is 11.7. The van der Waals surface area contributed by atoms with E-state index in [1.165, 1.54) is 11.1 Å². The van der Waals surface area contributed by atoms with Gasteiger partial charge in [-0.2, -0.15) is 5.10 Å². The van der Waals surface area contributed by atoms with Gasteiger partial charge in [-0.05, 0) is 75.2 Å². The van der Waals surface area contributed by atoms with Gasteiger partial charge in [0.1, 0.15) is 5.52 Å². The third-order valence-electron chi connectivity index (χ3n) is 4.82. The van der Waals surface area contributed by atoms with E-state index in [9.17, 15) is 0 Å². The van der Waals surface area contributed by atoms with Crippen molar-refractivity contribution in [3.63, 3.8) is 0 Å². The fraction of sp³-hybridized carbons (Fsp3) is 0.190. The van der Waals surface area contributed by atoms with E-state index < -0.39 is 0 Å². The number of nitrogens with zero attached hydrogens (tertiary/aromatic N) is 4. The van der Waals surface area contributed by atoms with Crippen molar-refractivity contribution in [2.75, 3.05) is 0 Å². The third-order valence-corrected chi connectivity index (χ3v) is 5.81. The highest BCUT2D eigenvalue weighted by Crippen LogP contribution is 2.32. The highest BCUT2D eigenvalue weighted by Gasteiger charge is 2.14. The summed E-state index contributed by atoms with van der Waals surface area (Å²) in [6.07, 6.45) is 0. The molecule has 5 nitrogen and oxygen atoms in total. The molecule has 134 valence electrons. The first-order valence-corrected chi connectivity index (χ1v) is 9.62. The second-order valence-electron chi connectivity index (χ2n) is 6.94. The van der Waals surface area contributed by atoms with Crippen LogP contribution in [0, 0.1) is 27.7 Å². The van der Waals surface area contributed by atoms with Gasteiger partial charge in [0, 0.05) is 11.3 Å². The van der Waals surface area contributed by atoms with Crippen LogP contribution in [0.2, 0.25) is 0 Å². The maximum Gasteiger partial charge on any atom is 0.227 e. The minimum atomic E-state index is 0.637. The van der Waals surface area contributed by atoms with Crippen molar-refractivity contribution < 1.29 is 4.42 Å². The molecule has 2 aromatic carbocycles. The number of fused-ring (bicyclic) bond motifs is 2. The van der Waals surface area contributed by atoms with Gasteiger partial charge >= 0.3 is 0 Å². The SMILES string of the molecule is Cc1cc(C)n(-c2nc3ccc(-c4nc5cc(C)c(C)cc5o4)cc3s2)n1. The second-order valence-corrected chi connectivity index (χ2v) is 7.95. The van der Waals surface area contributed by atoms with Gasteiger partial charge in [0.2, 0.25) is 11.0 Å². The smallest absolute Gasteiger partial charge is 0.227 e. The summed E-state index contributed by atoms with van der Waals surface area (Å²) < 4.78 is 8.99. The van der Waals surface area contributed by atoms with Crippen LogP contribution in [0.15, 0.2) is 40.8 Å². The zero-order valence-corrected chi connectivity index (χ0v) is 16.4. The predicted octanol–water partition coefficient (Wildman–Crippen LogP) is 5.52. The summed E-state index contributed by atoms with van der Waals surface area (Å²) in [5, 5.41) is 5.41. The molecule has 0 radical (unpaired) electrons. The van der Waals surface area contributed by atoms with Crippen molar-refractivity contribution in [2.24, 2.45) is 0 Å². The van der Waals surface area contributed by atoms with Gasteiger partial charge in [0.25, 0.3) is 0 Å². The van der Waals surface area contributed by atoms with E-state index in [0.717, 1.165) is 43.4 Å². The number of rotatable bonds is 2. The maximum atomic E-state index is 6.01. The quantitative estimate of drug-likeness (QED) is 0.408. The Labute approximate surface area is 160 Å². The second kappa shape index (κ2) is 5.76. The Morgan fingerprint density at radius 3 is 2.48 bits per heavy atom. The van der Waals surface area contributed by atoms with Crippen LogP contribution in [-0.2, 0) is 0 Å². The van der Waals surface area contributed by atoms with Gasteiger partial charge in [-0.3, -0.25) is 0 Å². The lowest BCUT2D eigenvalue weighted by Crippen LogP contribution is -1.97. The molecule has 0 saturated carbocycles. The van der Waals surface area contributed by atoms with E-state index in [1.54, 1.807) is 11.3 Å². The average molecular weight is 374 g/mol. The zero-order valence-electron chi connectivity index (χ0n) is 15.6. The molecule has 0 aliphatic heterocycles. The van der Waals surface area contributed by atoms with E-state index in [-0.39, 0.29) is 0 Å². The van der Waals surface area contributed by atoms with Gasteiger partial charge in [-0.1, -0.05) is 11.3 Å². The molecule has 6 heteroatoms. The van der Waals surface area contributed by atoms with Crippen LogP contribution in [0.4, 0.5) is 0 Å². The Hall–Kier alpha value is -2.99. The molecule has 5 rings (SSSR count). The summed E-state index contributed by atoms with van der Waals surface area (Å²) in [5.41, 5.74) is 8.11. The Bertz CT molecular complexity index is 1290. The predicted molar refractivity (Wildman–Crippen MR) is 109 cm³/mol. The molecule has 0 aliphatic carbocycles. The summed E-state index contributed by atoms with van der Waals surface area (Å²) in [4.78, 5) is 9.40. The summed E-state index contributed by atoms with van der Waals surface area (Å²) in [6, 6.07) is 12.3. The van der Waals surface area contributed by atoms with Gasteiger partial charge < -0.3 is 4.42 Å². The molecule has 0 saturated heterocycles. The molecular weight excluding hydrogens is 356 g/mol. The molecule has 3 aromatic heterocycles. The number of aromatic nitrogens is 4. The van der Waals surface area contributed by atoms with Crippen LogP contribution >= 0.6 is 11.3 Å². The monoisotopic (exact) mass is 374 g/mol. The minimum Gasteiger partial charge on any atom is -0.436 e. The zero-order chi connectivity index (χ0) is 18.7. The number of hydrogen-bond donors (Lipinski definition) is 0. The molecule has 5 aromatic rings. The lowest BCUT2D eigenvalue weighted by molar-refractivity contribution is 0.619. The Kier molecular flexibility index (Phi) is 3.45. The van der Waals surface area contributed by atoms with Gasteiger partial charge in [-0.25, -0.2) is 14.6 Å². The molecule has 0 aliphatic rings. The lowest BCUT2D eigenvalue weighted by atomic mass is 10.1. The van der Waals surface area contributed by atoms with Crippen LogP contribution in [0.5, 0.6) is 0 Å². The fourth-order valence-corrected chi connectivity index (χ4v) is 4.28. The van der Waals surface area contributed by atoms with Gasteiger partial charge in [0.05, 0.1) is 15.9 Å². The molecule has 27 heavy (non-hydrogen) atoms. The number of thiazole rings is 1. The van der Waals surface area contributed by atoms with E-state index in [2.05, 4.69) is 42.1 Å². The van der Waals surface area contributed by atoms with Crippen molar-refractivity contribution in [2.45, 2.75) is 27.7 Å². The maximum absolute atomic E-state index is 6.01. The van der Waals surface area contributed by atoms with Crippen LogP contribution in [0.1, 0.15) is 22.5 Å². The van der Waals surface area contributed by atoms with E-state index in [4.69, 9.17) is 9.40 Å². The van der Waals surface area contributed by atoms with Crippen LogP contribution in [0.25, 0.3) is 37.9 Å². The summed E-state index contributed by atoms with van der Waals surface area (Å²) in [5.74, 6) is 0.637. The van der Waals surface area contributed by atoms with Crippen molar-refractivity contribution in [3.8, 4) is 16.6 Å². The largest absolute Gasteiger partial charge is 0.436 e. The molecule has 0 fully saturated rings. The number of aryl methyl sites for hydroxylation is 4. The highest BCUT2D eigenvalue weighted by molar-refractivity contribution is 7.20.